The summed E-state index contributed by atoms with van der Waals surface area (Å²) >= 11 is 6.07. The maximum Gasteiger partial charge on any atom is 0.333 e. The van der Waals surface area contributed by atoms with E-state index in [0.29, 0.717) is 29.7 Å². The molecule has 0 atom stereocenters. The van der Waals surface area contributed by atoms with Crippen LogP contribution in [-0.4, -0.2) is 26.8 Å². The molecule has 0 aliphatic carbocycles. The van der Waals surface area contributed by atoms with Gasteiger partial charge >= 0.3 is 11.1 Å². The van der Waals surface area contributed by atoms with E-state index in [1.807, 2.05) is 42.2 Å². The SMILES string of the molecule is Cc1ccc(NC(=O)Cn2nc3n(c(=O)c2=O)CCN3c2ccccc2)cc1Cl. The Morgan fingerprint density at radius 1 is 1.10 bits per heavy atom. The van der Waals surface area contributed by atoms with Crippen molar-refractivity contribution in [3.8, 4) is 0 Å². The lowest BCUT2D eigenvalue weighted by Crippen LogP contribution is -2.44. The van der Waals surface area contributed by atoms with Gasteiger partial charge in [0.2, 0.25) is 11.9 Å². The zero-order valence-corrected chi connectivity index (χ0v) is 16.4. The molecule has 3 aromatic rings. The van der Waals surface area contributed by atoms with E-state index in [-0.39, 0.29) is 6.54 Å². The van der Waals surface area contributed by atoms with Crippen LogP contribution in [0.5, 0.6) is 0 Å². The fourth-order valence-electron chi connectivity index (χ4n) is 3.19. The second-order valence-electron chi connectivity index (χ2n) is 6.72. The van der Waals surface area contributed by atoms with E-state index in [4.69, 9.17) is 11.6 Å². The van der Waals surface area contributed by atoms with E-state index >= 15 is 0 Å². The summed E-state index contributed by atoms with van der Waals surface area (Å²) in [5.74, 6) is -0.139. The van der Waals surface area contributed by atoms with E-state index in [2.05, 4.69) is 10.4 Å². The van der Waals surface area contributed by atoms with Crippen LogP contribution >= 0.6 is 11.6 Å². The maximum absolute atomic E-state index is 12.5. The van der Waals surface area contributed by atoms with Crippen LogP contribution in [0.4, 0.5) is 17.3 Å². The number of fused-ring (bicyclic) bond motifs is 1. The molecule has 8 nitrogen and oxygen atoms in total. The largest absolute Gasteiger partial charge is 0.333 e. The number of anilines is 3. The van der Waals surface area contributed by atoms with Crippen LogP contribution in [0, 0.1) is 6.92 Å². The van der Waals surface area contributed by atoms with Crippen LogP contribution < -0.4 is 21.3 Å². The lowest BCUT2D eigenvalue weighted by atomic mass is 10.2. The number of aryl methyl sites for hydroxylation is 1. The van der Waals surface area contributed by atoms with Gasteiger partial charge in [0.1, 0.15) is 6.54 Å². The molecule has 0 saturated carbocycles. The van der Waals surface area contributed by atoms with Crippen molar-refractivity contribution in [3.05, 3.63) is 79.8 Å². The summed E-state index contributed by atoms with van der Waals surface area (Å²) in [4.78, 5) is 39.2. The Labute approximate surface area is 171 Å². The van der Waals surface area contributed by atoms with Crippen molar-refractivity contribution in [3.63, 3.8) is 0 Å². The fraction of sp³-hybridized carbons (Fsp3) is 0.200. The molecule has 148 valence electrons. The zero-order valence-electron chi connectivity index (χ0n) is 15.6. The Morgan fingerprint density at radius 2 is 1.86 bits per heavy atom. The van der Waals surface area contributed by atoms with E-state index in [9.17, 15) is 14.4 Å². The molecular weight excluding hydrogens is 394 g/mol. The van der Waals surface area contributed by atoms with E-state index < -0.39 is 17.0 Å². The summed E-state index contributed by atoms with van der Waals surface area (Å²) in [6.45, 7) is 2.36. The Morgan fingerprint density at radius 3 is 2.59 bits per heavy atom. The average molecular weight is 412 g/mol. The van der Waals surface area contributed by atoms with Gasteiger partial charge in [-0.05, 0) is 36.8 Å². The van der Waals surface area contributed by atoms with Crippen molar-refractivity contribution in [1.29, 1.82) is 0 Å². The van der Waals surface area contributed by atoms with Crippen molar-refractivity contribution >= 4 is 34.8 Å². The zero-order chi connectivity index (χ0) is 20.5. The van der Waals surface area contributed by atoms with Gasteiger partial charge in [-0.25, -0.2) is 4.68 Å². The van der Waals surface area contributed by atoms with Gasteiger partial charge in [0.25, 0.3) is 0 Å². The van der Waals surface area contributed by atoms with Gasteiger partial charge < -0.3 is 10.2 Å². The van der Waals surface area contributed by atoms with Crippen molar-refractivity contribution in [1.82, 2.24) is 14.3 Å². The lowest BCUT2D eigenvalue weighted by molar-refractivity contribution is -0.117. The molecule has 1 aromatic heterocycles. The molecule has 2 heterocycles. The predicted molar refractivity (Wildman–Crippen MR) is 111 cm³/mol. The summed E-state index contributed by atoms with van der Waals surface area (Å²) in [5, 5.41) is 7.48. The lowest BCUT2D eigenvalue weighted by Gasteiger charge is -2.17. The number of carbonyl (C=O) groups excluding carboxylic acids is 1. The predicted octanol–water partition coefficient (Wildman–Crippen LogP) is 2.16. The highest BCUT2D eigenvalue weighted by Gasteiger charge is 2.26. The number of nitrogens with one attached hydrogen (secondary N) is 1. The van der Waals surface area contributed by atoms with Gasteiger partial charge in [-0.2, -0.15) is 0 Å². The molecule has 29 heavy (non-hydrogen) atoms. The summed E-state index contributed by atoms with van der Waals surface area (Å²) in [6.07, 6.45) is 0. The highest BCUT2D eigenvalue weighted by Crippen LogP contribution is 2.25. The van der Waals surface area contributed by atoms with Gasteiger partial charge in [-0.15, -0.1) is 5.10 Å². The van der Waals surface area contributed by atoms with Gasteiger partial charge in [-0.3, -0.25) is 19.0 Å². The first-order valence-corrected chi connectivity index (χ1v) is 9.42. The Hall–Kier alpha value is -3.39. The smallest absolute Gasteiger partial charge is 0.324 e. The summed E-state index contributed by atoms with van der Waals surface area (Å²) in [7, 11) is 0. The fourth-order valence-corrected chi connectivity index (χ4v) is 3.37. The molecule has 0 fully saturated rings. The second-order valence-corrected chi connectivity index (χ2v) is 7.13. The molecule has 0 bridgehead atoms. The molecule has 1 aliphatic heterocycles. The van der Waals surface area contributed by atoms with Gasteiger partial charge in [0.15, 0.2) is 0 Å². The summed E-state index contributed by atoms with van der Waals surface area (Å²) < 4.78 is 2.24. The standard InChI is InChI=1S/C20H18ClN5O3/c1-13-7-8-14(11-16(13)21)22-17(27)12-26-19(29)18(28)25-10-9-24(20(25)23-26)15-5-3-2-4-6-15/h2-8,11H,9-10,12H2,1H3,(H,22,27). The minimum atomic E-state index is -0.833. The number of nitrogens with zero attached hydrogens (tertiary/aromatic N) is 4. The molecule has 2 aromatic carbocycles. The highest BCUT2D eigenvalue weighted by molar-refractivity contribution is 6.31. The number of hydrogen-bond donors (Lipinski definition) is 1. The maximum atomic E-state index is 12.5. The highest BCUT2D eigenvalue weighted by atomic mass is 35.5. The molecule has 0 unspecified atom stereocenters. The minimum absolute atomic E-state index is 0.340. The van der Waals surface area contributed by atoms with Crippen LogP contribution in [-0.2, 0) is 17.9 Å². The first-order chi connectivity index (χ1) is 13.9. The summed E-state index contributed by atoms with van der Waals surface area (Å²) in [5.41, 5.74) is 0.715. The third kappa shape index (κ3) is 3.66. The molecule has 0 saturated heterocycles. The Kier molecular flexibility index (Phi) is 4.94. The molecule has 1 amide bonds. The van der Waals surface area contributed by atoms with Crippen LogP contribution in [0.2, 0.25) is 5.02 Å². The van der Waals surface area contributed by atoms with Gasteiger partial charge in [-0.1, -0.05) is 35.9 Å². The molecule has 1 aliphatic rings. The quantitative estimate of drug-likeness (QED) is 0.664. The van der Waals surface area contributed by atoms with E-state index in [1.165, 1.54) is 4.57 Å². The van der Waals surface area contributed by atoms with E-state index in [1.54, 1.807) is 18.2 Å². The van der Waals surface area contributed by atoms with Crippen molar-refractivity contribution in [2.45, 2.75) is 20.0 Å². The number of aromatic nitrogens is 3. The van der Waals surface area contributed by atoms with Crippen LogP contribution in [0.3, 0.4) is 0 Å². The molecule has 4 rings (SSSR count). The van der Waals surface area contributed by atoms with Crippen LogP contribution in [0.15, 0.2) is 58.1 Å². The number of hydrogen-bond acceptors (Lipinski definition) is 5. The van der Waals surface area contributed by atoms with Gasteiger partial charge in [0.05, 0.1) is 0 Å². The van der Waals surface area contributed by atoms with Crippen molar-refractivity contribution in [2.24, 2.45) is 0 Å². The normalized spacial score (nSPS) is 12.7. The number of carbonyl (C=O) groups is 1. The first kappa shape index (κ1) is 18.9. The van der Waals surface area contributed by atoms with Crippen molar-refractivity contribution < 1.29 is 4.79 Å². The molecule has 0 spiro atoms. The number of halogens is 1. The number of para-hydroxylation sites is 1. The Bertz CT molecular complexity index is 1200. The number of rotatable bonds is 4. The average Bonchev–Trinajstić information content (AvgIpc) is 3.13. The number of amides is 1. The first-order valence-electron chi connectivity index (χ1n) is 9.04. The molecule has 9 heteroatoms. The third-order valence-corrected chi connectivity index (χ3v) is 5.13. The van der Waals surface area contributed by atoms with Crippen molar-refractivity contribution in [2.75, 3.05) is 16.8 Å². The number of benzene rings is 2. The summed E-state index contributed by atoms with van der Waals surface area (Å²) in [6, 6.07) is 14.6. The van der Waals surface area contributed by atoms with Crippen LogP contribution in [0.1, 0.15) is 5.56 Å². The van der Waals surface area contributed by atoms with Gasteiger partial charge in [0, 0.05) is 29.5 Å². The monoisotopic (exact) mass is 411 g/mol. The minimum Gasteiger partial charge on any atom is -0.324 e. The van der Waals surface area contributed by atoms with E-state index in [0.717, 1.165) is 15.9 Å². The molecule has 1 N–H and O–H groups in total. The third-order valence-electron chi connectivity index (χ3n) is 4.72. The Balaban J connectivity index is 1.62. The second kappa shape index (κ2) is 7.56. The molecular formula is C20H18ClN5O3. The molecule has 0 radical (unpaired) electrons. The topological polar surface area (TPSA) is 89.2 Å². The van der Waals surface area contributed by atoms with Crippen LogP contribution in [0.25, 0.3) is 0 Å².